The zero-order chi connectivity index (χ0) is 16.9. The summed E-state index contributed by atoms with van der Waals surface area (Å²) in [7, 11) is 0. The van der Waals surface area contributed by atoms with Gasteiger partial charge in [0.05, 0.1) is 12.1 Å². The summed E-state index contributed by atoms with van der Waals surface area (Å²) >= 11 is 9.46. The number of rotatable bonds is 7. The summed E-state index contributed by atoms with van der Waals surface area (Å²) in [6.07, 6.45) is 5.25. The van der Waals surface area contributed by atoms with E-state index >= 15 is 0 Å². The lowest BCUT2D eigenvalue weighted by Gasteiger charge is -2.13. The molecule has 0 N–H and O–H groups in total. The molecule has 1 aromatic heterocycles. The molecule has 0 atom stereocenters. The van der Waals surface area contributed by atoms with Crippen LogP contribution in [0.25, 0.3) is 16.6 Å². The minimum absolute atomic E-state index is 0.741. The zero-order valence-electron chi connectivity index (χ0n) is 13.8. The van der Waals surface area contributed by atoms with Crippen molar-refractivity contribution in [3.8, 4) is 11.4 Å². The molecule has 24 heavy (non-hydrogen) atoms. The van der Waals surface area contributed by atoms with E-state index in [1.807, 2.05) is 24.3 Å². The number of ether oxygens (including phenoxy) is 1. The molecule has 4 heteroatoms. The number of hydrogen-bond acceptors (Lipinski definition) is 1. The summed E-state index contributed by atoms with van der Waals surface area (Å²) in [6.45, 7) is 2.95. The van der Waals surface area contributed by atoms with E-state index in [2.05, 4.69) is 51.8 Å². The summed E-state index contributed by atoms with van der Waals surface area (Å²) in [5.74, 6) is 1.01. The second-order valence-electron chi connectivity index (χ2n) is 5.78. The second-order valence-corrected chi connectivity index (χ2v) is 7.01. The lowest BCUT2D eigenvalue weighted by Crippen LogP contribution is -2.01. The second kappa shape index (κ2) is 8.09. The number of hydrogen-bond donors (Lipinski definition) is 0. The highest BCUT2D eigenvalue weighted by Gasteiger charge is 2.12. The van der Waals surface area contributed by atoms with Crippen molar-refractivity contribution >= 4 is 38.4 Å². The van der Waals surface area contributed by atoms with Gasteiger partial charge in [-0.15, -0.1) is 0 Å². The predicted molar refractivity (Wildman–Crippen MR) is 106 cm³/mol. The molecule has 2 aromatic carbocycles. The van der Waals surface area contributed by atoms with Gasteiger partial charge in [0, 0.05) is 33.2 Å². The van der Waals surface area contributed by atoms with E-state index in [9.17, 15) is 0 Å². The van der Waals surface area contributed by atoms with Crippen molar-refractivity contribution < 1.29 is 4.74 Å². The molecular formula is C20H21BrClNO. The van der Waals surface area contributed by atoms with Crippen LogP contribution in [0, 0.1) is 0 Å². The molecule has 3 rings (SSSR count). The van der Waals surface area contributed by atoms with Gasteiger partial charge in [-0.05, 0) is 55.3 Å². The van der Waals surface area contributed by atoms with Gasteiger partial charge in [-0.3, -0.25) is 0 Å². The smallest absolute Gasteiger partial charge is 0.123 e. The van der Waals surface area contributed by atoms with Crippen LogP contribution < -0.4 is 4.74 Å². The Bertz CT molecular complexity index is 810. The average molecular weight is 407 g/mol. The van der Waals surface area contributed by atoms with Gasteiger partial charge in [0.1, 0.15) is 5.75 Å². The van der Waals surface area contributed by atoms with E-state index in [-0.39, 0.29) is 0 Å². The fraction of sp³-hybridized carbons (Fsp3) is 0.300. The standard InChI is InChI=1S/C20H21BrClNO/c1-2-4-18-17-11-13-23(16-7-5-15(22)6-8-16)19(17)9-10-20(18)24-14-3-12-21/h5-11,13H,2-4,12,14H2,1H3. The monoisotopic (exact) mass is 405 g/mol. The third-order valence-electron chi connectivity index (χ3n) is 4.08. The van der Waals surface area contributed by atoms with Crippen LogP contribution in [-0.2, 0) is 6.42 Å². The van der Waals surface area contributed by atoms with E-state index in [4.69, 9.17) is 16.3 Å². The Balaban J connectivity index is 2.03. The van der Waals surface area contributed by atoms with Crippen LogP contribution in [-0.4, -0.2) is 16.5 Å². The van der Waals surface area contributed by atoms with Crippen molar-refractivity contribution in [1.29, 1.82) is 0 Å². The van der Waals surface area contributed by atoms with Crippen LogP contribution in [0.1, 0.15) is 25.3 Å². The minimum atomic E-state index is 0.741. The number of benzene rings is 2. The third-order valence-corrected chi connectivity index (χ3v) is 4.89. The quantitative estimate of drug-likeness (QED) is 0.327. The van der Waals surface area contributed by atoms with Crippen molar-refractivity contribution in [1.82, 2.24) is 4.57 Å². The maximum Gasteiger partial charge on any atom is 0.123 e. The first kappa shape index (κ1) is 17.4. The number of halogens is 2. The molecule has 0 saturated carbocycles. The fourth-order valence-corrected chi connectivity index (χ4v) is 3.32. The summed E-state index contributed by atoms with van der Waals surface area (Å²) in [6, 6.07) is 14.4. The van der Waals surface area contributed by atoms with Crippen molar-refractivity contribution in [2.24, 2.45) is 0 Å². The van der Waals surface area contributed by atoms with Crippen LogP contribution in [0.5, 0.6) is 5.75 Å². The fourth-order valence-electron chi connectivity index (χ4n) is 2.96. The number of nitrogens with zero attached hydrogens (tertiary/aromatic N) is 1. The van der Waals surface area contributed by atoms with Crippen molar-refractivity contribution in [2.45, 2.75) is 26.2 Å². The summed E-state index contributed by atoms with van der Waals surface area (Å²) in [4.78, 5) is 0. The Morgan fingerprint density at radius 1 is 1.08 bits per heavy atom. The molecule has 0 fully saturated rings. The first-order valence-corrected chi connectivity index (χ1v) is 9.82. The molecule has 0 unspecified atom stereocenters. The Hall–Kier alpha value is -1.45. The molecule has 0 aliphatic rings. The van der Waals surface area contributed by atoms with E-state index in [1.165, 1.54) is 16.5 Å². The van der Waals surface area contributed by atoms with Crippen molar-refractivity contribution in [3.05, 3.63) is 59.2 Å². The summed E-state index contributed by atoms with van der Waals surface area (Å²) in [5, 5.41) is 2.98. The highest BCUT2D eigenvalue weighted by molar-refractivity contribution is 9.09. The summed E-state index contributed by atoms with van der Waals surface area (Å²) in [5.41, 5.74) is 3.62. The first-order valence-electron chi connectivity index (χ1n) is 8.32. The van der Waals surface area contributed by atoms with Gasteiger partial charge < -0.3 is 9.30 Å². The summed E-state index contributed by atoms with van der Waals surface area (Å²) < 4.78 is 8.21. The van der Waals surface area contributed by atoms with Gasteiger partial charge in [0.15, 0.2) is 0 Å². The van der Waals surface area contributed by atoms with E-state index in [0.29, 0.717) is 0 Å². The molecular weight excluding hydrogens is 386 g/mol. The highest BCUT2D eigenvalue weighted by atomic mass is 79.9. The Morgan fingerprint density at radius 2 is 1.88 bits per heavy atom. The number of alkyl halides is 1. The molecule has 0 spiro atoms. The molecule has 0 saturated heterocycles. The van der Waals surface area contributed by atoms with Crippen LogP contribution in [0.15, 0.2) is 48.7 Å². The number of aromatic nitrogens is 1. The topological polar surface area (TPSA) is 14.2 Å². The van der Waals surface area contributed by atoms with Crippen LogP contribution in [0.2, 0.25) is 5.02 Å². The predicted octanol–water partition coefficient (Wildman–Crippen LogP) is 6.40. The average Bonchev–Trinajstić information content (AvgIpc) is 3.02. The molecule has 1 heterocycles. The molecule has 2 nitrogen and oxygen atoms in total. The first-order chi connectivity index (χ1) is 11.7. The lowest BCUT2D eigenvalue weighted by molar-refractivity contribution is 0.316. The van der Waals surface area contributed by atoms with Crippen LogP contribution >= 0.6 is 27.5 Å². The Morgan fingerprint density at radius 3 is 2.58 bits per heavy atom. The minimum Gasteiger partial charge on any atom is -0.493 e. The third kappa shape index (κ3) is 3.62. The van der Waals surface area contributed by atoms with Crippen LogP contribution in [0.3, 0.4) is 0 Å². The number of fused-ring (bicyclic) bond motifs is 1. The molecule has 0 radical (unpaired) electrons. The Kier molecular flexibility index (Phi) is 5.85. The Labute approximate surface area is 156 Å². The largest absolute Gasteiger partial charge is 0.493 e. The van der Waals surface area contributed by atoms with Gasteiger partial charge >= 0.3 is 0 Å². The SMILES string of the molecule is CCCc1c(OCCCBr)ccc2c1ccn2-c1ccc(Cl)cc1. The highest BCUT2D eigenvalue weighted by Crippen LogP contribution is 2.32. The van der Waals surface area contributed by atoms with Crippen LogP contribution in [0.4, 0.5) is 0 Å². The van der Waals surface area contributed by atoms with Gasteiger partial charge in [0.25, 0.3) is 0 Å². The molecule has 0 amide bonds. The maximum absolute atomic E-state index is 6.01. The molecule has 0 aliphatic carbocycles. The van der Waals surface area contributed by atoms with E-state index in [0.717, 1.165) is 47.7 Å². The number of aryl methyl sites for hydroxylation is 1. The molecule has 126 valence electrons. The molecule has 3 aromatic rings. The van der Waals surface area contributed by atoms with Crippen molar-refractivity contribution in [3.63, 3.8) is 0 Å². The lowest BCUT2D eigenvalue weighted by atomic mass is 10.0. The van der Waals surface area contributed by atoms with Crippen molar-refractivity contribution in [2.75, 3.05) is 11.9 Å². The van der Waals surface area contributed by atoms with Gasteiger partial charge in [-0.2, -0.15) is 0 Å². The molecule has 0 bridgehead atoms. The van der Waals surface area contributed by atoms with Gasteiger partial charge in [-0.1, -0.05) is 40.9 Å². The van der Waals surface area contributed by atoms with E-state index < -0.39 is 0 Å². The van der Waals surface area contributed by atoms with Gasteiger partial charge in [-0.25, -0.2) is 0 Å². The maximum atomic E-state index is 6.01. The zero-order valence-corrected chi connectivity index (χ0v) is 16.1. The molecule has 0 aliphatic heterocycles. The van der Waals surface area contributed by atoms with Gasteiger partial charge in [0.2, 0.25) is 0 Å². The normalized spacial score (nSPS) is 11.1. The van der Waals surface area contributed by atoms with E-state index in [1.54, 1.807) is 0 Å².